The molecule has 1 heterocycles. The number of anilines is 1. The molecule has 1 N–H and O–H groups in total. The molecule has 3 aromatic rings. The van der Waals surface area contributed by atoms with Crippen molar-refractivity contribution in [2.75, 3.05) is 5.32 Å². The number of aromatic nitrogens is 2. The Morgan fingerprint density at radius 3 is 2.59 bits per heavy atom. The highest BCUT2D eigenvalue weighted by molar-refractivity contribution is 6.30. The number of nitrogens with zero attached hydrogens (tertiary/aromatic N) is 2. The molecule has 0 aliphatic heterocycles. The maximum Gasteiger partial charge on any atom is 0.247 e. The molecule has 0 aliphatic carbocycles. The molecule has 2 aromatic carbocycles. The van der Waals surface area contributed by atoms with E-state index in [1.165, 1.54) is 0 Å². The number of rotatable bonds is 4. The van der Waals surface area contributed by atoms with E-state index in [1.54, 1.807) is 0 Å². The topological polar surface area (TPSA) is 51.0 Å². The van der Waals surface area contributed by atoms with Crippen LogP contribution < -0.4 is 5.32 Å². The van der Waals surface area contributed by atoms with Gasteiger partial charge in [-0.2, -0.15) is 0 Å². The minimum absolute atomic E-state index is 0.0905. The number of hydrogen-bond donors (Lipinski definition) is 1. The Kier molecular flexibility index (Phi) is 4.11. The van der Waals surface area contributed by atoms with E-state index < -0.39 is 0 Å². The monoisotopic (exact) mass is 313 g/mol. The molecule has 112 valence electrons. The lowest BCUT2D eigenvalue weighted by Gasteiger charge is -2.11. The van der Waals surface area contributed by atoms with E-state index in [9.17, 15) is 0 Å². The molecule has 22 heavy (non-hydrogen) atoms. The van der Waals surface area contributed by atoms with E-state index in [0.29, 0.717) is 16.8 Å². The first-order valence-electron chi connectivity index (χ1n) is 7.04. The van der Waals surface area contributed by atoms with Crippen LogP contribution in [0.2, 0.25) is 5.02 Å². The van der Waals surface area contributed by atoms with Gasteiger partial charge in [-0.1, -0.05) is 29.3 Å². The van der Waals surface area contributed by atoms with Crippen LogP contribution in [0.4, 0.5) is 5.69 Å². The van der Waals surface area contributed by atoms with Crippen LogP contribution in [0.15, 0.2) is 52.9 Å². The highest BCUT2D eigenvalue weighted by Gasteiger charge is 2.15. The summed E-state index contributed by atoms with van der Waals surface area (Å²) < 4.78 is 5.77. The van der Waals surface area contributed by atoms with Crippen LogP contribution in [0.1, 0.15) is 24.4 Å². The molecular formula is C17H16ClN3O. The molecule has 1 aromatic heterocycles. The summed E-state index contributed by atoms with van der Waals surface area (Å²) in [6.07, 6.45) is 0. The molecule has 5 heteroatoms. The molecule has 0 saturated heterocycles. The van der Waals surface area contributed by atoms with Crippen molar-refractivity contribution in [2.24, 2.45) is 0 Å². The maximum atomic E-state index is 5.88. The van der Waals surface area contributed by atoms with E-state index in [0.717, 1.165) is 16.8 Å². The Labute approximate surface area is 134 Å². The first-order valence-corrected chi connectivity index (χ1v) is 7.42. The van der Waals surface area contributed by atoms with Gasteiger partial charge in [0.2, 0.25) is 11.8 Å². The molecule has 0 amide bonds. The van der Waals surface area contributed by atoms with Crippen molar-refractivity contribution in [3.05, 3.63) is 65.0 Å². The third-order valence-corrected chi connectivity index (χ3v) is 3.56. The van der Waals surface area contributed by atoms with Crippen LogP contribution in [-0.2, 0) is 0 Å². The van der Waals surface area contributed by atoms with Gasteiger partial charge >= 0.3 is 0 Å². The number of aryl methyl sites for hydroxylation is 1. The molecular weight excluding hydrogens is 298 g/mol. The summed E-state index contributed by atoms with van der Waals surface area (Å²) in [5.41, 5.74) is 3.04. The average molecular weight is 314 g/mol. The van der Waals surface area contributed by atoms with Gasteiger partial charge in [0.1, 0.15) is 6.04 Å². The summed E-state index contributed by atoms with van der Waals surface area (Å²) in [6.45, 7) is 4.01. The average Bonchev–Trinajstić information content (AvgIpc) is 3.00. The van der Waals surface area contributed by atoms with E-state index >= 15 is 0 Å². The van der Waals surface area contributed by atoms with Crippen LogP contribution in [0.3, 0.4) is 0 Å². The van der Waals surface area contributed by atoms with Gasteiger partial charge < -0.3 is 9.73 Å². The summed E-state index contributed by atoms with van der Waals surface area (Å²) in [4.78, 5) is 0. The van der Waals surface area contributed by atoms with Crippen LogP contribution in [0, 0.1) is 6.92 Å². The Morgan fingerprint density at radius 1 is 1.09 bits per heavy atom. The van der Waals surface area contributed by atoms with Gasteiger partial charge in [-0.25, -0.2) is 0 Å². The minimum atomic E-state index is -0.0905. The van der Waals surface area contributed by atoms with Crippen molar-refractivity contribution in [3.8, 4) is 11.5 Å². The lowest BCUT2D eigenvalue weighted by molar-refractivity contribution is 0.485. The standard InChI is InChI=1S/C17H16ClN3O/c1-11-4-3-5-13(10-11)17-21-20-16(22-17)12(2)19-15-8-6-14(18)7-9-15/h3-10,12,19H,1-2H3/t12-/m0/s1. The van der Waals surface area contributed by atoms with Crippen molar-refractivity contribution in [1.82, 2.24) is 10.2 Å². The van der Waals surface area contributed by atoms with Gasteiger partial charge in [0.25, 0.3) is 0 Å². The van der Waals surface area contributed by atoms with Crippen molar-refractivity contribution in [2.45, 2.75) is 19.9 Å². The van der Waals surface area contributed by atoms with E-state index in [-0.39, 0.29) is 6.04 Å². The van der Waals surface area contributed by atoms with Crippen LogP contribution >= 0.6 is 11.6 Å². The molecule has 1 atom stereocenters. The fourth-order valence-electron chi connectivity index (χ4n) is 2.16. The predicted molar refractivity (Wildman–Crippen MR) is 88.0 cm³/mol. The largest absolute Gasteiger partial charge is 0.418 e. The first-order chi connectivity index (χ1) is 10.6. The molecule has 0 fully saturated rings. The molecule has 0 unspecified atom stereocenters. The molecule has 4 nitrogen and oxygen atoms in total. The zero-order valence-corrected chi connectivity index (χ0v) is 13.1. The molecule has 0 radical (unpaired) electrons. The molecule has 0 saturated carbocycles. The number of hydrogen-bond acceptors (Lipinski definition) is 4. The normalized spacial score (nSPS) is 12.1. The van der Waals surface area contributed by atoms with Crippen LogP contribution in [-0.4, -0.2) is 10.2 Å². The Morgan fingerprint density at radius 2 is 1.86 bits per heavy atom. The zero-order valence-electron chi connectivity index (χ0n) is 12.4. The SMILES string of the molecule is Cc1cccc(-c2nnc([C@H](C)Nc3ccc(Cl)cc3)o2)c1. The van der Waals surface area contributed by atoms with E-state index in [4.69, 9.17) is 16.0 Å². The quantitative estimate of drug-likeness (QED) is 0.746. The maximum absolute atomic E-state index is 5.88. The highest BCUT2D eigenvalue weighted by Crippen LogP contribution is 2.24. The lowest BCUT2D eigenvalue weighted by Crippen LogP contribution is -2.06. The highest BCUT2D eigenvalue weighted by atomic mass is 35.5. The third-order valence-electron chi connectivity index (χ3n) is 3.30. The number of halogens is 1. The smallest absolute Gasteiger partial charge is 0.247 e. The summed E-state index contributed by atoms with van der Waals surface area (Å²) in [7, 11) is 0. The Bertz CT molecular complexity index is 768. The van der Waals surface area contributed by atoms with Gasteiger partial charge in [0, 0.05) is 16.3 Å². The molecule has 0 aliphatic rings. The minimum Gasteiger partial charge on any atom is -0.418 e. The Balaban J connectivity index is 1.76. The summed E-state index contributed by atoms with van der Waals surface area (Å²) >= 11 is 5.88. The second-order valence-corrected chi connectivity index (χ2v) is 5.62. The van der Waals surface area contributed by atoms with E-state index in [2.05, 4.69) is 15.5 Å². The zero-order chi connectivity index (χ0) is 15.5. The van der Waals surface area contributed by atoms with E-state index in [1.807, 2.05) is 62.4 Å². The van der Waals surface area contributed by atoms with Gasteiger partial charge in [-0.05, 0) is 50.2 Å². The lowest BCUT2D eigenvalue weighted by atomic mass is 10.1. The second-order valence-electron chi connectivity index (χ2n) is 5.19. The van der Waals surface area contributed by atoms with Gasteiger partial charge in [0.15, 0.2) is 0 Å². The number of benzene rings is 2. The molecule has 0 spiro atoms. The summed E-state index contributed by atoms with van der Waals surface area (Å²) in [5, 5.41) is 12.3. The summed E-state index contributed by atoms with van der Waals surface area (Å²) in [6, 6.07) is 15.4. The van der Waals surface area contributed by atoms with Crippen molar-refractivity contribution in [3.63, 3.8) is 0 Å². The Hall–Kier alpha value is -2.33. The fourth-order valence-corrected chi connectivity index (χ4v) is 2.29. The third kappa shape index (κ3) is 3.28. The fraction of sp³-hybridized carbons (Fsp3) is 0.176. The number of nitrogens with one attached hydrogen (secondary N) is 1. The van der Waals surface area contributed by atoms with Crippen molar-refractivity contribution < 1.29 is 4.42 Å². The van der Waals surface area contributed by atoms with Gasteiger partial charge in [-0.15, -0.1) is 10.2 Å². The molecule has 3 rings (SSSR count). The molecule has 0 bridgehead atoms. The van der Waals surface area contributed by atoms with Gasteiger partial charge in [0.05, 0.1) is 0 Å². The first kappa shape index (κ1) is 14.6. The van der Waals surface area contributed by atoms with Gasteiger partial charge in [-0.3, -0.25) is 0 Å². The predicted octanol–water partition coefficient (Wildman–Crippen LogP) is 4.87. The van der Waals surface area contributed by atoms with Crippen molar-refractivity contribution in [1.29, 1.82) is 0 Å². The van der Waals surface area contributed by atoms with Crippen LogP contribution in [0.5, 0.6) is 0 Å². The van der Waals surface area contributed by atoms with Crippen LogP contribution in [0.25, 0.3) is 11.5 Å². The summed E-state index contributed by atoms with van der Waals surface area (Å²) in [5.74, 6) is 1.08. The second kappa shape index (κ2) is 6.20. The van der Waals surface area contributed by atoms with Crippen molar-refractivity contribution >= 4 is 17.3 Å².